The van der Waals surface area contributed by atoms with Gasteiger partial charge in [-0.25, -0.2) is 0 Å². The van der Waals surface area contributed by atoms with E-state index in [9.17, 15) is 0 Å². The number of hydrogen-bond acceptors (Lipinski definition) is 2. The molecule has 0 radical (unpaired) electrons. The molecule has 24 heavy (non-hydrogen) atoms. The number of benzene rings is 2. The van der Waals surface area contributed by atoms with Crippen LogP contribution in [0.15, 0.2) is 76.1 Å². The van der Waals surface area contributed by atoms with E-state index in [1.54, 1.807) is 0 Å². The molecule has 0 saturated heterocycles. The van der Waals surface area contributed by atoms with Crippen LogP contribution in [-0.4, -0.2) is 0 Å². The maximum absolute atomic E-state index is 6.03. The number of rotatable bonds is 4. The first-order valence-corrected chi connectivity index (χ1v) is 8.11. The van der Waals surface area contributed by atoms with E-state index in [4.69, 9.17) is 8.83 Å². The molecule has 0 fully saturated rings. The second-order valence-electron chi connectivity index (χ2n) is 5.76. The van der Waals surface area contributed by atoms with Gasteiger partial charge in [0.25, 0.3) is 0 Å². The lowest BCUT2D eigenvalue weighted by atomic mass is 10.2. The van der Waals surface area contributed by atoms with Crippen LogP contribution in [0.4, 0.5) is 0 Å². The molecule has 0 N–H and O–H groups in total. The summed E-state index contributed by atoms with van der Waals surface area (Å²) in [5.74, 6) is 0.936. The first-order valence-electron chi connectivity index (χ1n) is 8.11. The Labute approximate surface area is 140 Å². The molecule has 2 heteroatoms. The maximum Gasteiger partial charge on any atom is 0.135 e. The summed E-state index contributed by atoms with van der Waals surface area (Å²) in [6, 6.07) is 18.3. The molecule has 0 saturated carbocycles. The third kappa shape index (κ3) is 2.67. The van der Waals surface area contributed by atoms with Crippen molar-refractivity contribution < 1.29 is 8.83 Å². The van der Waals surface area contributed by atoms with E-state index in [-0.39, 0.29) is 0 Å². The summed E-state index contributed by atoms with van der Waals surface area (Å²) in [6.07, 6.45) is 7.65. The molecular weight excluding hydrogens is 296 g/mol. The van der Waals surface area contributed by atoms with E-state index in [2.05, 4.69) is 36.9 Å². The molecule has 2 aromatic carbocycles. The predicted molar refractivity (Wildman–Crippen MR) is 99.1 cm³/mol. The van der Waals surface area contributed by atoms with Crippen molar-refractivity contribution in [2.75, 3.05) is 0 Å². The van der Waals surface area contributed by atoms with Gasteiger partial charge in [0.2, 0.25) is 0 Å². The highest BCUT2D eigenvalue weighted by Crippen LogP contribution is 2.19. The number of furan rings is 2. The van der Waals surface area contributed by atoms with Crippen molar-refractivity contribution in [2.45, 2.75) is 12.8 Å². The molecule has 0 aliphatic rings. The third-order valence-electron chi connectivity index (χ3n) is 4.12. The van der Waals surface area contributed by atoms with Crippen molar-refractivity contribution >= 4 is 34.1 Å². The van der Waals surface area contributed by atoms with Gasteiger partial charge in [0.15, 0.2) is 0 Å². The number of hydrogen-bond donors (Lipinski definition) is 0. The van der Waals surface area contributed by atoms with Crippen molar-refractivity contribution in [2.24, 2.45) is 0 Å². The Kier molecular flexibility index (Phi) is 3.80. The van der Waals surface area contributed by atoms with Crippen LogP contribution in [0.1, 0.15) is 12.2 Å². The topological polar surface area (TPSA) is 26.3 Å². The molecule has 4 rings (SSSR count). The highest BCUT2D eigenvalue weighted by molar-refractivity contribution is 5.79. The van der Waals surface area contributed by atoms with Gasteiger partial charge in [-0.2, -0.15) is 0 Å². The highest BCUT2D eigenvalue weighted by Gasteiger charge is 2.04. The fourth-order valence-electron chi connectivity index (χ4n) is 2.98. The molecule has 118 valence electrons. The van der Waals surface area contributed by atoms with Crippen molar-refractivity contribution in [1.29, 1.82) is 0 Å². The standard InChI is InChI=1S/C22H18O2/c1-2-3-9-18-19-10-5-7-12-21(19)24-22(18)14-13-17-15-16-8-4-6-11-20(16)23-17/h2,4-12,14-15H,1,3,13H2/b18-9-,22-14+. The summed E-state index contributed by atoms with van der Waals surface area (Å²) >= 11 is 0. The molecule has 0 amide bonds. The molecule has 0 aliphatic carbocycles. The Morgan fingerprint density at radius 1 is 0.875 bits per heavy atom. The number of para-hydroxylation sites is 2. The van der Waals surface area contributed by atoms with Crippen LogP contribution in [0.25, 0.3) is 34.1 Å². The lowest BCUT2D eigenvalue weighted by Crippen LogP contribution is -2.20. The molecule has 0 atom stereocenters. The minimum Gasteiger partial charge on any atom is -0.461 e. The molecule has 0 aliphatic heterocycles. The average Bonchev–Trinajstić information content (AvgIpc) is 3.18. The summed E-state index contributed by atoms with van der Waals surface area (Å²) in [5, 5.41) is 3.39. The molecule has 0 unspecified atom stereocenters. The third-order valence-corrected chi connectivity index (χ3v) is 4.12. The Bertz CT molecular complexity index is 1090. The maximum atomic E-state index is 6.03. The van der Waals surface area contributed by atoms with Gasteiger partial charge < -0.3 is 8.83 Å². The number of allylic oxidation sites excluding steroid dienone is 1. The molecule has 2 aromatic heterocycles. The predicted octanol–water partition coefficient (Wildman–Crippen LogP) is 4.56. The zero-order valence-electron chi connectivity index (χ0n) is 13.4. The molecule has 4 aromatic rings. The average molecular weight is 314 g/mol. The van der Waals surface area contributed by atoms with Crippen molar-refractivity contribution in [1.82, 2.24) is 0 Å². The Hall–Kier alpha value is -3.00. The first kappa shape index (κ1) is 14.6. The zero-order valence-corrected chi connectivity index (χ0v) is 13.4. The normalized spacial score (nSPS) is 13.2. The Morgan fingerprint density at radius 3 is 2.50 bits per heavy atom. The highest BCUT2D eigenvalue weighted by atomic mass is 16.3. The quantitative estimate of drug-likeness (QED) is 0.516. The molecule has 2 heterocycles. The summed E-state index contributed by atoms with van der Waals surface area (Å²) in [7, 11) is 0. The van der Waals surface area contributed by atoms with Crippen LogP contribution in [-0.2, 0) is 6.42 Å². The Balaban J connectivity index is 1.80. The van der Waals surface area contributed by atoms with Crippen molar-refractivity contribution in [3.8, 4) is 0 Å². The van der Waals surface area contributed by atoms with Crippen LogP contribution in [0.3, 0.4) is 0 Å². The van der Waals surface area contributed by atoms with Gasteiger partial charge in [-0.05, 0) is 30.7 Å². The largest absolute Gasteiger partial charge is 0.461 e. The van der Waals surface area contributed by atoms with Crippen LogP contribution in [0.2, 0.25) is 0 Å². The second-order valence-corrected chi connectivity index (χ2v) is 5.76. The molecular formula is C22H18O2. The first-order chi connectivity index (χ1) is 11.8. The van der Waals surface area contributed by atoms with Gasteiger partial charge in [-0.3, -0.25) is 0 Å². The van der Waals surface area contributed by atoms with Gasteiger partial charge in [-0.1, -0.05) is 48.6 Å². The lowest BCUT2D eigenvalue weighted by Gasteiger charge is -1.87. The van der Waals surface area contributed by atoms with E-state index in [0.717, 1.165) is 44.8 Å². The fourth-order valence-corrected chi connectivity index (χ4v) is 2.98. The summed E-state index contributed by atoms with van der Waals surface area (Å²) < 4.78 is 11.9. The van der Waals surface area contributed by atoms with E-state index in [1.165, 1.54) is 0 Å². The summed E-state index contributed by atoms with van der Waals surface area (Å²) in [4.78, 5) is 0. The van der Waals surface area contributed by atoms with Crippen LogP contribution < -0.4 is 10.6 Å². The monoisotopic (exact) mass is 314 g/mol. The minimum absolute atomic E-state index is 0.698. The number of fused-ring (bicyclic) bond motifs is 2. The SMILES string of the molecule is C=CC/C=c1\c(=C/Cc2cc3ccccc3o2)oc2ccccc12. The van der Waals surface area contributed by atoms with Gasteiger partial charge >= 0.3 is 0 Å². The lowest BCUT2D eigenvalue weighted by molar-refractivity contribution is 0.558. The van der Waals surface area contributed by atoms with Gasteiger partial charge in [-0.15, -0.1) is 6.58 Å². The van der Waals surface area contributed by atoms with E-state index >= 15 is 0 Å². The summed E-state index contributed by atoms with van der Waals surface area (Å²) in [6.45, 7) is 3.80. The van der Waals surface area contributed by atoms with Crippen LogP contribution in [0, 0.1) is 0 Å². The van der Waals surface area contributed by atoms with E-state index in [0.29, 0.717) is 6.42 Å². The fraction of sp³-hybridized carbons (Fsp3) is 0.0909. The Morgan fingerprint density at radius 2 is 1.67 bits per heavy atom. The van der Waals surface area contributed by atoms with Gasteiger partial charge in [0.05, 0.1) is 0 Å². The minimum atomic E-state index is 0.698. The molecule has 0 bridgehead atoms. The van der Waals surface area contributed by atoms with Gasteiger partial charge in [0.1, 0.15) is 22.3 Å². The molecule has 0 spiro atoms. The van der Waals surface area contributed by atoms with E-state index < -0.39 is 0 Å². The summed E-state index contributed by atoms with van der Waals surface area (Å²) in [5.41, 5.74) is 2.71. The van der Waals surface area contributed by atoms with Crippen LogP contribution in [0.5, 0.6) is 0 Å². The van der Waals surface area contributed by atoms with Crippen molar-refractivity contribution in [3.05, 3.63) is 83.6 Å². The smallest absolute Gasteiger partial charge is 0.135 e. The van der Waals surface area contributed by atoms with Crippen LogP contribution >= 0.6 is 0 Å². The van der Waals surface area contributed by atoms with Gasteiger partial charge in [0, 0.05) is 22.4 Å². The van der Waals surface area contributed by atoms with Crippen molar-refractivity contribution in [3.63, 3.8) is 0 Å². The molecule has 2 nitrogen and oxygen atoms in total. The zero-order chi connectivity index (χ0) is 16.4. The van der Waals surface area contributed by atoms with E-state index in [1.807, 2.05) is 42.5 Å². The second kappa shape index (κ2) is 6.25.